The number of benzene rings is 1. The Hall–Kier alpha value is -1.71. The van der Waals surface area contributed by atoms with Gasteiger partial charge in [0.2, 0.25) is 0 Å². The molecule has 0 saturated carbocycles. The Balaban J connectivity index is 2.28. The summed E-state index contributed by atoms with van der Waals surface area (Å²) in [4.78, 5) is 2.34. The fourth-order valence-corrected chi connectivity index (χ4v) is 2.04. The number of nitrogens with zero attached hydrogens (tertiary/aromatic N) is 2. The number of rotatable bonds is 3. The summed E-state index contributed by atoms with van der Waals surface area (Å²) < 4.78 is 5.27. The number of ether oxygens (including phenoxy) is 1. The molecule has 1 N–H and O–H groups in total. The second-order valence-corrected chi connectivity index (χ2v) is 3.86. The average molecular weight is 220 g/mol. The second kappa shape index (κ2) is 4.88. The van der Waals surface area contributed by atoms with Crippen molar-refractivity contribution in [3.05, 3.63) is 23.8 Å². The highest BCUT2D eigenvalue weighted by atomic mass is 16.5. The molecule has 1 heterocycles. The van der Waals surface area contributed by atoms with E-state index in [1.54, 1.807) is 7.11 Å². The highest BCUT2D eigenvalue weighted by Crippen LogP contribution is 2.27. The third-order valence-electron chi connectivity index (χ3n) is 2.89. The molecule has 0 spiro atoms. The predicted octanol–water partition coefficient (Wildman–Crippen LogP) is 2.10. The molecule has 1 fully saturated rings. The summed E-state index contributed by atoms with van der Waals surface area (Å²) in [5, 5.41) is 11.5. The monoisotopic (exact) mass is 220 g/mol. The van der Waals surface area contributed by atoms with Crippen LogP contribution in [0.1, 0.15) is 18.4 Å². The van der Waals surface area contributed by atoms with Gasteiger partial charge in [0.15, 0.2) is 0 Å². The Morgan fingerprint density at radius 2 is 2.12 bits per heavy atom. The quantitative estimate of drug-likeness (QED) is 0.482. The Kier molecular flexibility index (Phi) is 3.29. The van der Waals surface area contributed by atoms with E-state index in [0.717, 1.165) is 24.4 Å². The summed E-state index contributed by atoms with van der Waals surface area (Å²) in [7, 11) is 1.62. The third-order valence-corrected chi connectivity index (χ3v) is 2.89. The van der Waals surface area contributed by atoms with Gasteiger partial charge >= 0.3 is 0 Å². The first-order valence-electron chi connectivity index (χ1n) is 5.45. The van der Waals surface area contributed by atoms with Gasteiger partial charge in [-0.25, -0.2) is 0 Å². The van der Waals surface area contributed by atoms with Crippen molar-refractivity contribution in [3.63, 3.8) is 0 Å². The molecule has 0 radical (unpaired) electrons. The molecule has 4 nitrogen and oxygen atoms in total. The SMILES string of the molecule is COc1cc(N2CCCC2)ccc1C=NO. The number of methoxy groups -OCH3 is 1. The van der Waals surface area contributed by atoms with E-state index in [2.05, 4.69) is 10.1 Å². The molecular formula is C12H16N2O2. The molecule has 1 aromatic rings. The molecule has 1 saturated heterocycles. The molecular weight excluding hydrogens is 204 g/mol. The van der Waals surface area contributed by atoms with Gasteiger partial charge in [-0.05, 0) is 25.0 Å². The topological polar surface area (TPSA) is 45.1 Å². The first-order chi connectivity index (χ1) is 7.85. The standard InChI is InChI=1S/C12H16N2O2/c1-16-12-8-11(14-6-2-3-7-14)5-4-10(12)9-13-15/h4-5,8-9,15H,2-3,6-7H2,1H3. The van der Waals surface area contributed by atoms with E-state index in [9.17, 15) is 0 Å². The lowest BCUT2D eigenvalue weighted by molar-refractivity contribution is 0.321. The zero-order chi connectivity index (χ0) is 11.4. The number of hydrogen-bond acceptors (Lipinski definition) is 4. The van der Waals surface area contributed by atoms with Crippen molar-refractivity contribution in [1.82, 2.24) is 0 Å². The minimum absolute atomic E-state index is 0.738. The van der Waals surface area contributed by atoms with Crippen LogP contribution in [0.2, 0.25) is 0 Å². The van der Waals surface area contributed by atoms with Crippen LogP contribution >= 0.6 is 0 Å². The molecule has 2 rings (SSSR count). The molecule has 16 heavy (non-hydrogen) atoms. The van der Waals surface area contributed by atoms with Crippen molar-refractivity contribution >= 4 is 11.9 Å². The Morgan fingerprint density at radius 1 is 1.38 bits per heavy atom. The Labute approximate surface area is 95.1 Å². The van der Waals surface area contributed by atoms with Crippen LogP contribution in [-0.4, -0.2) is 31.6 Å². The molecule has 1 aromatic carbocycles. The van der Waals surface area contributed by atoms with E-state index in [4.69, 9.17) is 9.94 Å². The van der Waals surface area contributed by atoms with E-state index in [-0.39, 0.29) is 0 Å². The van der Waals surface area contributed by atoms with Crippen LogP contribution in [-0.2, 0) is 0 Å². The molecule has 4 heteroatoms. The Morgan fingerprint density at radius 3 is 2.75 bits per heavy atom. The molecule has 0 bridgehead atoms. The van der Waals surface area contributed by atoms with Crippen LogP contribution in [0.15, 0.2) is 23.4 Å². The van der Waals surface area contributed by atoms with Gasteiger partial charge in [-0.1, -0.05) is 5.16 Å². The maximum atomic E-state index is 8.52. The van der Waals surface area contributed by atoms with Crippen LogP contribution in [0.3, 0.4) is 0 Å². The van der Waals surface area contributed by atoms with E-state index in [1.807, 2.05) is 18.2 Å². The van der Waals surface area contributed by atoms with Gasteiger partial charge in [-0.3, -0.25) is 0 Å². The zero-order valence-corrected chi connectivity index (χ0v) is 9.39. The van der Waals surface area contributed by atoms with Gasteiger partial charge in [0.05, 0.1) is 13.3 Å². The van der Waals surface area contributed by atoms with Gasteiger partial charge in [0.25, 0.3) is 0 Å². The van der Waals surface area contributed by atoms with E-state index < -0.39 is 0 Å². The smallest absolute Gasteiger partial charge is 0.129 e. The summed E-state index contributed by atoms with van der Waals surface area (Å²) in [5.41, 5.74) is 1.96. The predicted molar refractivity (Wildman–Crippen MR) is 63.8 cm³/mol. The average Bonchev–Trinajstić information content (AvgIpc) is 2.83. The van der Waals surface area contributed by atoms with Crippen molar-refractivity contribution in [2.45, 2.75) is 12.8 Å². The van der Waals surface area contributed by atoms with Crippen LogP contribution in [0.25, 0.3) is 0 Å². The first kappa shape index (κ1) is 10.8. The molecule has 0 atom stereocenters. The Bertz CT molecular complexity index is 385. The van der Waals surface area contributed by atoms with Crippen molar-refractivity contribution in [3.8, 4) is 5.75 Å². The minimum atomic E-state index is 0.738. The van der Waals surface area contributed by atoms with Gasteiger partial charge in [-0.15, -0.1) is 0 Å². The fourth-order valence-electron chi connectivity index (χ4n) is 2.04. The number of oxime groups is 1. The molecule has 0 amide bonds. The lowest BCUT2D eigenvalue weighted by Crippen LogP contribution is -2.17. The minimum Gasteiger partial charge on any atom is -0.496 e. The van der Waals surface area contributed by atoms with Crippen molar-refractivity contribution in [2.75, 3.05) is 25.1 Å². The lowest BCUT2D eigenvalue weighted by Gasteiger charge is -2.18. The molecule has 0 aliphatic carbocycles. The molecule has 86 valence electrons. The fraction of sp³-hybridized carbons (Fsp3) is 0.417. The largest absolute Gasteiger partial charge is 0.496 e. The normalized spacial score (nSPS) is 15.9. The summed E-state index contributed by atoms with van der Waals surface area (Å²) in [6.45, 7) is 2.22. The first-order valence-corrected chi connectivity index (χ1v) is 5.45. The van der Waals surface area contributed by atoms with Crippen molar-refractivity contribution in [1.29, 1.82) is 0 Å². The highest BCUT2D eigenvalue weighted by molar-refractivity contribution is 5.84. The summed E-state index contributed by atoms with van der Waals surface area (Å²) in [5.74, 6) is 0.738. The van der Waals surface area contributed by atoms with Crippen LogP contribution in [0.5, 0.6) is 5.75 Å². The van der Waals surface area contributed by atoms with Crippen LogP contribution in [0, 0.1) is 0 Å². The molecule has 1 aliphatic heterocycles. The molecule has 0 unspecified atom stereocenters. The van der Waals surface area contributed by atoms with Crippen LogP contribution in [0.4, 0.5) is 5.69 Å². The van der Waals surface area contributed by atoms with Crippen molar-refractivity contribution < 1.29 is 9.94 Å². The maximum Gasteiger partial charge on any atom is 0.129 e. The highest BCUT2D eigenvalue weighted by Gasteiger charge is 2.13. The molecule has 0 aromatic heterocycles. The van der Waals surface area contributed by atoms with Crippen LogP contribution < -0.4 is 9.64 Å². The summed E-state index contributed by atoms with van der Waals surface area (Å²) >= 11 is 0. The van der Waals surface area contributed by atoms with Crippen molar-refractivity contribution in [2.24, 2.45) is 5.16 Å². The van der Waals surface area contributed by atoms with E-state index in [1.165, 1.54) is 24.7 Å². The maximum absolute atomic E-state index is 8.52. The second-order valence-electron chi connectivity index (χ2n) is 3.86. The number of anilines is 1. The summed E-state index contributed by atoms with van der Waals surface area (Å²) in [6, 6.07) is 5.93. The van der Waals surface area contributed by atoms with E-state index in [0.29, 0.717) is 0 Å². The van der Waals surface area contributed by atoms with Gasteiger partial charge in [-0.2, -0.15) is 0 Å². The summed E-state index contributed by atoms with van der Waals surface area (Å²) in [6.07, 6.45) is 3.89. The van der Waals surface area contributed by atoms with E-state index >= 15 is 0 Å². The van der Waals surface area contributed by atoms with Gasteiger partial charge in [0.1, 0.15) is 5.75 Å². The molecule has 1 aliphatic rings. The van der Waals surface area contributed by atoms with Gasteiger partial charge in [0, 0.05) is 30.4 Å². The number of hydrogen-bond donors (Lipinski definition) is 1. The lowest BCUT2D eigenvalue weighted by atomic mass is 10.2. The third kappa shape index (κ3) is 2.10. The zero-order valence-electron chi connectivity index (χ0n) is 9.39. The van der Waals surface area contributed by atoms with Gasteiger partial charge < -0.3 is 14.8 Å².